The van der Waals surface area contributed by atoms with E-state index in [0.717, 1.165) is 26.2 Å². The molecular formula is C30H31BrN2O5S. The summed E-state index contributed by atoms with van der Waals surface area (Å²) in [6.07, 6.45) is 2.45. The van der Waals surface area contributed by atoms with Crippen LogP contribution in [0.15, 0.2) is 74.9 Å². The molecule has 0 radical (unpaired) electrons. The fraction of sp³-hybridized carbons (Fsp3) is 0.267. The van der Waals surface area contributed by atoms with Gasteiger partial charge in [0.05, 0.1) is 35.4 Å². The van der Waals surface area contributed by atoms with E-state index in [9.17, 15) is 9.59 Å². The molecule has 0 atom stereocenters. The minimum absolute atomic E-state index is 0.0759. The number of thioether (sulfide) groups is 1. The highest BCUT2D eigenvalue weighted by atomic mass is 79.9. The Morgan fingerprint density at radius 2 is 1.74 bits per heavy atom. The molecule has 204 valence electrons. The van der Waals surface area contributed by atoms with Gasteiger partial charge in [0.1, 0.15) is 12.3 Å². The summed E-state index contributed by atoms with van der Waals surface area (Å²) in [6.45, 7) is 5.31. The molecule has 0 unspecified atom stereocenters. The molecule has 39 heavy (non-hydrogen) atoms. The Labute approximate surface area is 241 Å². The number of ether oxygens (including phenoxy) is 3. The molecule has 0 spiro atoms. The summed E-state index contributed by atoms with van der Waals surface area (Å²) in [5, 5.41) is 2.95. The maximum atomic E-state index is 13.5. The number of halogens is 1. The highest BCUT2D eigenvalue weighted by Gasteiger charge is 2.30. The number of benzene rings is 3. The predicted molar refractivity (Wildman–Crippen MR) is 159 cm³/mol. The van der Waals surface area contributed by atoms with E-state index in [1.54, 1.807) is 7.11 Å². The van der Waals surface area contributed by atoms with E-state index < -0.39 is 0 Å². The molecule has 0 bridgehead atoms. The first-order valence-electron chi connectivity index (χ1n) is 12.7. The maximum Gasteiger partial charge on any atom is 0.265 e. The van der Waals surface area contributed by atoms with Crippen molar-refractivity contribution in [3.8, 4) is 17.2 Å². The molecule has 0 saturated heterocycles. The number of fused-ring (bicyclic) bond motifs is 1. The molecule has 1 heterocycles. The summed E-state index contributed by atoms with van der Waals surface area (Å²) in [4.78, 5) is 29.5. The lowest BCUT2D eigenvalue weighted by Gasteiger charge is -2.29. The van der Waals surface area contributed by atoms with Gasteiger partial charge in [-0.25, -0.2) is 0 Å². The van der Waals surface area contributed by atoms with Gasteiger partial charge in [-0.2, -0.15) is 0 Å². The summed E-state index contributed by atoms with van der Waals surface area (Å²) in [5.74, 6) is 1.67. The lowest BCUT2D eigenvalue weighted by molar-refractivity contribution is -0.122. The fourth-order valence-corrected chi connectivity index (χ4v) is 5.76. The van der Waals surface area contributed by atoms with Crippen molar-refractivity contribution in [1.82, 2.24) is 5.32 Å². The van der Waals surface area contributed by atoms with Crippen LogP contribution in [0.25, 0.3) is 6.08 Å². The first-order chi connectivity index (χ1) is 18.9. The van der Waals surface area contributed by atoms with Gasteiger partial charge in [-0.05, 0) is 89.8 Å². The average Bonchev–Trinajstić information content (AvgIpc) is 2.93. The number of anilines is 1. The van der Waals surface area contributed by atoms with Gasteiger partial charge in [0, 0.05) is 11.4 Å². The number of amides is 2. The first-order valence-corrected chi connectivity index (χ1v) is 14.3. The zero-order chi connectivity index (χ0) is 27.8. The number of rotatable bonds is 11. The Bertz CT molecular complexity index is 1380. The van der Waals surface area contributed by atoms with Crippen molar-refractivity contribution >= 4 is 51.3 Å². The van der Waals surface area contributed by atoms with Crippen LogP contribution >= 0.6 is 27.7 Å². The Kier molecular flexibility index (Phi) is 9.95. The third kappa shape index (κ3) is 7.16. The largest absolute Gasteiger partial charge is 0.496 e. The molecule has 0 saturated carbocycles. The zero-order valence-corrected chi connectivity index (χ0v) is 24.6. The van der Waals surface area contributed by atoms with E-state index in [4.69, 9.17) is 14.2 Å². The minimum Gasteiger partial charge on any atom is -0.496 e. The minimum atomic E-state index is -0.229. The van der Waals surface area contributed by atoms with Crippen molar-refractivity contribution in [1.29, 1.82) is 0 Å². The second kappa shape index (κ2) is 13.6. The Morgan fingerprint density at radius 1 is 1.00 bits per heavy atom. The van der Waals surface area contributed by atoms with Crippen molar-refractivity contribution < 1.29 is 23.8 Å². The molecule has 0 aromatic heterocycles. The van der Waals surface area contributed by atoms with Gasteiger partial charge in [0.25, 0.3) is 5.91 Å². The van der Waals surface area contributed by atoms with Gasteiger partial charge in [-0.15, -0.1) is 0 Å². The van der Waals surface area contributed by atoms with E-state index in [2.05, 4.69) is 21.2 Å². The number of nitrogens with one attached hydrogen (secondary N) is 1. The lowest BCUT2D eigenvalue weighted by atomic mass is 10.1. The highest BCUT2D eigenvalue weighted by molar-refractivity contribution is 9.10. The van der Waals surface area contributed by atoms with Crippen LogP contribution in [0.5, 0.6) is 17.2 Å². The average molecular weight is 612 g/mol. The van der Waals surface area contributed by atoms with E-state index in [1.807, 2.05) is 80.6 Å². The molecule has 0 aliphatic carbocycles. The highest BCUT2D eigenvalue weighted by Crippen LogP contribution is 2.42. The normalized spacial score (nSPS) is 13.7. The molecule has 1 aliphatic rings. The second-order valence-electron chi connectivity index (χ2n) is 8.61. The molecule has 2 amide bonds. The molecular weight excluding hydrogens is 580 g/mol. The number of para-hydroxylation sites is 1. The van der Waals surface area contributed by atoms with Crippen LogP contribution in [-0.4, -0.2) is 45.2 Å². The number of methoxy groups -OCH3 is 1. The fourth-order valence-electron chi connectivity index (χ4n) is 4.14. The van der Waals surface area contributed by atoms with Crippen LogP contribution in [0, 0.1) is 0 Å². The number of carbonyl (C=O) groups is 2. The van der Waals surface area contributed by atoms with Crippen LogP contribution in [0.2, 0.25) is 0 Å². The molecule has 1 aliphatic heterocycles. The smallest absolute Gasteiger partial charge is 0.265 e. The molecule has 4 rings (SSSR count). The van der Waals surface area contributed by atoms with Crippen LogP contribution in [-0.2, 0) is 16.0 Å². The van der Waals surface area contributed by atoms with Crippen LogP contribution in [0.3, 0.4) is 0 Å². The molecule has 9 heteroatoms. The number of nitrogens with zero attached hydrogens (tertiary/aromatic N) is 1. The number of hydrogen-bond donors (Lipinski definition) is 1. The van der Waals surface area contributed by atoms with Gasteiger partial charge >= 0.3 is 0 Å². The second-order valence-corrected chi connectivity index (χ2v) is 10.5. The Hall–Kier alpha value is -3.43. The Morgan fingerprint density at radius 3 is 2.49 bits per heavy atom. The molecule has 3 aromatic carbocycles. The van der Waals surface area contributed by atoms with E-state index in [1.165, 1.54) is 16.7 Å². The molecule has 3 aromatic rings. The van der Waals surface area contributed by atoms with Crippen molar-refractivity contribution in [3.05, 3.63) is 81.2 Å². The zero-order valence-electron chi connectivity index (χ0n) is 22.2. The third-order valence-corrected chi connectivity index (χ3v) is 7.65. The van der Waals surface area contributed by atoms with E-state index in [0.29, 0.717) is 48.3 Å². The topological polar surface area (TPSA) is 77.1 Å². The summed E-state index contributed by atoms with van der Waals surface area (Å²) in [6, 6.07) is 19.0. The van der Waals surface area contributed by atoms with Gasteiger partial charge in [-0.1, -0.05) is 36.0 Å². The SMILES string of the molecule is CCOc1ccc(CCNC(=O)CN2C(=O)C(=Cc3ccc(OC)c(Br)c3)Sc3ccccc32)cc1OCC. The first kappa shape index (κ1) is 28.6. The maximum absolute atomic E-state index is 13.5. The molecule has 7 nitrogen and oxygen atoms in total. The van der Waals surface area contributed by atoms with Gasteiger partial charge in [-0.3, -0.25) is 14.5 Å². The third-order valence-electron chi connectivity index (χ3n) is 5.95. The molecule has 0 fully saturated rings. The lowest BCUT2D eigenvalue weighted by Crippen LogP contribution is -2.43. The van der Waals surface area contributed by atoms with Crippen molar-refractivity contribution in [2.75, 3.05) is 38.3 Å². The van der Waals surface area contributed by atoms with Gasteiger partial charge < -0.3 is 19.5 Å². The van der Waals surface area contributed by atoms with Crippen LogP contribution in [0.4, 0.5) is 5.69 Å². The number of hydrogen-bond acceptors (Lipinski definition) is 6. The van der Waals surface area contributed by atoms with Crippen molar-refractivity contribution in [2.45, 2.75) is 25.2 Å². The monoisotopic (exact) mass is 610 g/mol. The summed E-state index contributed by atoms with van der Waals surface area (Å²) in [5.41, 5.74) is 2.60. The summed E-state index contributed by atoms with van der Waals surface area (Å²) < 4.78 is 17.4. The van der Waals surface area contributed by atoms with Crippen molar-refractivity contribution in [3.63, 3.8) is 0 Å². The standard InChI is InChI=1S/C30H31BrN2O5S/c1-4-37-25-13-10-20(17-26(25)38-5-2)14-15-32-29(34)19-33-23-8-6-7-9-27(23)39-28(30(33)35)18-21-11-12-24(36-3)22(31)16-21/h6-13,16-18H,4-5,14-15,19H2,1-3H3,(H,32,34). The predicted octanol–water partition coefficient (Wildman–Crippen LogP) is 6.09. The van der Waals surface area contributed by atoms with E-state index >= 15 is 0 Å². The van der Waals surface area contributed by atoms with Crippen LogP contribution < -0.4 is 24.4 Å². The Balaban J connectivity index is 1.44. The van der Waals surface area contributed by atoms with E-state index in [-0.39, 0.29) is 18.4 Å². The quantitative estimate of drug-likeness (QED) is 0.265. The summed E-state index contributed by atoms with van der Waals surface area (Å²) >= 11 is 4.90. The van der Waals surface area contributed by atoms with Gasteiger partial charge in [0.15, 0.2) is 11.5 Å². The summed E-state index contributed by atoms with van der Waals surface area (Å²) in [7, 11) is 1.61. The van der Waals surface area contributed by atoms with Crippen LogP contribution in [0.1, 0.15) is 25.0 Å². The van der Waals surface area contributed by atoms with Gasteiger partial charge in [0.2, 0.25) is 5.91 Å². The molecule has 1 N–H and O–H groups in total. The van der Waals surface area contributed by atoms with Crippen molar-refractivity contribution in [2.24, 2.45) is 0 Å². The number of carbonyl (C=O) groups excluding carboxylic acids is 2.